The van der Waals surface area contributed by atoms with Gasteiger partial charge < -0.3 is 19.7 Å². The van der Waals surface area contributed by atoms with Gasteiger partial charge in [-0.3, -0.25) is 9.98 Å². The van der Waals surface area contributed by atoms with Crippen LogP contribution in [0.15, 0.2) is 40.0 Å². The first-order chi connectivity index (χ1) is 13.1. The van der Waals surface area contributed by atoms with Crippen LogP contribution in [-0.4, -0.2) is 39.2 Å². The van der Waals surface area contributed by atoms with Gasteiger partial charge in [0.2, 0.25) is 0 Å². The molecule has 0 fully saturated rings. The molecule has 3 heterocycles. The minimum Gasteiger partial charge on any atom is -0.356 e. The first-order valence-corrected chi connectivity index (χ1v) is 9.02. The van der Waals surface area contributed by atoms with Gasteiger partial charge in [-0.25, -0.2) is 0 Å². The summed E-state index contributed by atoms with van der Waals surface area (Å²) in [6.07, 6.45) is 2.27. The van der Waals surface area contributed by atoms with Gasteiger partial charge in [0.1, 0.15) is 10.8 Å². The summed E-state index contributed by atoms with van der Waals surface area (Å²) in [5.41, 5.74) is 1.60. The Morgan fingerprint density at radius 1 is 1.30 bits per heavy atom. The zero-order valence-electron chi connectivity index (χ0n) is 14.9. The molecule has 142 valence electrons. The third-order valence-electron chi connectivity index (χ3n) is 3.87. The quantitative estimate of drug-likeness (QED) is 0.481. The van der Waals surface area contributed by atoms with Gasteiger partial charge >= 0.3 is 0 Å². The number of pyridine rings is 1. The summed E-state index contributed by atoms with van der Waals surface area (Å²) in [6, 6.07) is 7.35. The molecule has 0 aliphatic heterocycles. The van der Waals surface area contributed by atoms with Crippen molar-refractivity contribution < 1.29 is 4.52 Å². The van der Waals surface area contributed by atoms with E-state index in [1.165, 1.54) is 0 Å². The molecule has 0 aromatic carbocycles. The van der Waals surface area contributed by atoms with Crippen LogP contribution in [0, 0.1) is 0 Å². The van der Waals surface area contributed by atoms with Crippen molar-refractivity contribution >= 4 is 29.2 Å². The monoisotopic (exact) mass is 407 g/mol. The lowest BCUT2D eigenvalue weighted by molar-refractivity contribution is 0.421. The van der Waals surface area contributed by atoms with Crippen LogP contribution in [-0.2, 0) is 20.0 Å². The fourth-order valence-electron chi connectivity index (χ4n) is 2.39. The number of rotatable bonds is 6. The van der Waals surface area contributed by atoms with Gasteiger partial charge in [0.05, 0.1) is 11.6 Å². The Balaban J connectivity index is 1.49. The summed E-state index contributed by atoms with van der Waals surface area (Å²) in [5, 5.41) is 11.4. The van der Waals surface area contributed by atoms with Crippen LogP contribution in [0.2, 0.25) is 10.2 Å². The van der Waals surface area contributed by atoms with Crippen molar-refractivity contribution in [1.29, 1.82) is 0 Å². The number of hydrogen-bond donors (Lipinski definition) is 2. The molecule has 0 atom stereocenters. The molecule has 0 unspecified atom stereocenters. The second kappa shape index (κ2) is 8.88. The smallest absolute Gasteiger partial charge is 0.276 e. The second-order valence-electron chi connectivity index (χ2n) is 5.67. The van der Waals surface area contributed by atoms with Crippen LogP contribution in [0.4, 0.5) is 0 Å². The molecule has 2 N–H and O–H groups in total. The Kier molecular flexibility index (Phi) is 6.31. The van der Waals surface area contributed by atoms with Crippen molar-refractivity contribution in [2.45, 2.75) is 13.0 Å². The average molecular weight is 408 g/mol. The first-order valence-electron chi connectivity index (χ1n) is 8.26. The average Bonchev–Trinajstić information content (AvgIpc) is 3.26. The van der Waals surface area contributed by atoms with Gasteiger partial charge in [0, 0.05) is 39.0 Å². The zero-order chi connectivity index (χ0) is 19.2. The summed E-state index contributed by atoms with van der Waals surface area (Å²) in [5.74, 6) is 1.65. The summed E-state index contributed by atoms with van der Waals surface area (Å²) in [4.78, 5) is 12.7. The van der Waals surface area contributed by atoms with E-state index >= 15 is 0 Å². The van der Waals surface area contributed by atoms with Crippen molar-refractivity contribution in [1.82, 2.24) is 30.3 Å². The van der Waals surface area contributed by atoms with Gasteiger partial charge in [-0.2, -0.15) is 4.98 Å². The minimum absolute atomic E-state index is 0.408. The van der Waals surface area contributed by atoms with E-state index in [1.54, 1.807) is 13.2 Å². The van der Waals surface area contributed by atoms with Gasteiger partial charge in [0.15, 0.2) is 11.8 Å². The lowest BCUT2D eigenvalue weighted by Crippen LogP contribution is -2.38. The first kappa shape index (κ1) is 19.2. The summed E-state index contributed by atoms with van der Waals surface area (Å²) in [6.45, 7) is 1.13. The SMILES string of the molecule is CN=C(NCCc1noc(-c2ccccn2)n1)NCc1cc(Cl)c(Cl)n1C. The second-order valence-corrected chi connectivity index (χ2v) is 6.43. The number of aromatic nitrogens is 4. The van der Waals surface area contributed by atoms with Crippen LogP contribution >= 0.6 is 23.2 Å². The normalized spacial score (nSPS) is 11.6. The predicted octanol–water partition coefficient (Wildman–Crippen LogP) is 2.68. The number of halogens is 2. The minimum atomic E-state index is 0.408. The van der Waals surface area contributed by atoms with Crippen molar-refractivity contribution in [3.63, 3.8) is 0 Å². The highest BCUT2D eigenvalue weighted by Gasteiger charge is 2.11. The molecule has 3 rings (SSSR count). The topological polar surface area (TPSA) is 93.2 Å². The van der Waals surface area contributed by atoms with E-state index in [2.05, 4.69) is 30.8 Å². The van der Waals surface area contributed by atoms with Gasteiger partial charge in [0.25, 0.3) is 5.89 Å². The highest BCUT2D eigenvalue weighted by Crippen LogP contribution is 2.24. The Hall–Kier alpha value is -2.58. The molecule has 0 aliphatic rings. The Morgan fingerprint density at radius 2 is 2.15 bits per heavy atom. The molecule has 0 aliphatic carbocycles. The van der Waals surface area contributed by atoms with Crippen LogP contribution in [0.1, 0.15) is 11.5 Å². The van der Waals surface area contributed by atoms with Crippen LogP contribution in [0.3, 0.4) is 0 Å². The van der Waals surface area contributed by atoms with Crippen molar-refractivity contribution in [2.24, 2.45) is 12.0 Å². The van der Waals surface area contributed by atoms with E-state index in [0.717, 1.165) is 5.69 Å². The lowest BCUT2D eigenvalue weighted by Gasteiger charge is -2.11. The largest absolute Gasteiger partial charge is 0.356 e. The van der Waals surface area contributed by atoms with E-state index in [1.807, 2.05) is 35.9 Å². The third kappa shape index (κ3) is 4.78. The van der Waals surface area contributed by atoms with E-state index in [-0.39, 0.29) is 0 Å². The molecular weight excluding hydrogens is 389 g/mol. The maximum Gasteiger partial charge on any atom is 0.276 e. The number of nitrogens with zero attached hydrogens (tertiary/aromatic N) is 5. The Bertz CT molecular complexity index is 921. The van der Waals surface area contributed by atoms with Crippen LogP contribution in [0.25, 0.3) is 11.6 Å². The molecule has 0 saturated heterocycles. The number of hydrogen-bond acceptors (Lipinski definition) is 5. The Labute approximate surface area is 166 Å². The fourth-order valence-corrected chi connectivity index (χ4v) is 2.81. The highest BCUT2D eigenvalue weighted by molar-refractivity contribution is 6.41. The molecule has 0 spiro atoms. The van der Waals surface area contributed by atoms with Gasteiger partial charge in [-0.15, -0.1) is 0 Å². The molecule has 0 bridgehead atoms. The maximum absolute atomic E-state index is 6.08. The number of nitrogens with one attached hydrogen (secondary N) is 2. The standard InChI is InChI=1S/C17H19Cl2N7O/c1-20-17(23-10-11-9-12(18)15(19)26(11)2)22-8-6-14-24-16(27-25-14)13-5-3-4-7-21-13/h3-5,7,9H,6,8,10H2,1-2H3,(H2,20,22,23). The van der Waals surface area contributed by atoms with E-state index < -0.39 is 0 Å². The van der Waals surface area contributed by atoms with E-state index in [0.29, 0.717) is 53.1 Å². The van der Waals surface area contributed by atoms with Crippen molar-refractivity contribution in [3.8, 4) is 11.6 Å². The maximum atomic E-state index is 6.08. The molecule has 0 radical (unpaired) electrons. The van der Waals surface area contributed by atoms with Crippen LogP contribution < -0.4 is 10.6 Å². The summed E-state index contributed by atoms with van der Waals surface area (Å²) < 4.78 is 7.06. The molecule has 0 saturated carbocycles. The highest BCUT2D eigenvalue weighted by atomic mass is 35.5. The number of aliphatic imine (C=N–C) groups is 1. The van der Waals surface area contributed by atoms with Crippen molar-refractivity contribution in [2.75, 3.05) is 13.6 Å². The van der Waals surface area contributed by atoms with Gasteiger partial charge in [-0.1, -0.05) is 34.4 Å². The molecule has 27 heavy (non-hydrogen) atoms. The molecule has 3 aromatic rings. The van der Waals surface area contributed by atoms with E-state index in [4.69, 9.17) is 27.7 Å². The molecule has 10 heteroatoms. The van der Waals surface area contributed by atoms with E-state index in [9.17, 15) is 0 Å². The summed E-state index contributed by atoms with van der Waals surface area (Å²) >= 11 is 12.1. The zero-order valence-corrected chi connectivity index (χ0v) is 16.4. The molecule has 0 amide bonds. The molecule has 8 nitrogen and oxygen atoms in total. The molecule has 3 aromatic heterocycles. The van der Waals surface area contributed by atoms with Gasteiger partial charge in [-0.05, 0) is 18.2 Å². The fraction of sp³-hybridized carbons (Fsp3) is 0.294. The Morgan fingerprint density at radius 3 is 2.81 bits per heavy atom. The number of guanidine groups is 1. The van der Waals surface area contributed by atoms with Crippen LogP contribution in [0.5, 0.6) is 0 Å². The predicted molar refractivity (Wildman–Crippen MR) is 105 cm³/mol. The lowest BCUT2D eigenvalue weighted by atomic mass is 10.3. The van der Waals surface area contributed by atoms with Crippen molar-refractivity contribution in [3.05, 3.63) is 52.2 Å². The molecular formula is C17H19Cl2N7O. The summed E-state index contributed by atoms with van der Waals surface area (Å²) in [7, 11) is 3.56. The third-order valence-corrected chi connectivity index (χ3v) is 4.71.